The summed E-state index contributed by atoms with van der Waals surface area (Å²) in [5.74, 6) is -3.85. The summed E-state index contributed by atoms with van der Waals surface area (Å²) in [4.78, 5) is 99.4. The Labute approximate surface area is 479 Å². The van der Waals surface area contributed by atoms with Gasteiger partial charge in [-0.2, -0.15) is 0 Å². The molecular weight excluding hydrogens is 1040 g/mol. The minimum atomic E-state index is -0.847. The number of likely N-dealkylation sites (N-methyl/N-ethyl adjacent to an activating group) is 2. The number of carbonyl (C=O) groups is 7. The van der Waals surface area contributed by atoms with Crippen LogP contribution in [-0.2, 0) is 73.2 Å². The standard InChI is InChI=1S/C43H76N6O13.C16H16N2O/c1-12-29(6)39(32(57-10)26-35(52)48-18-13-14-31(48)40(58-11)30(7)41(44)54)47(9)43(56)37(27(2)3)45-42(55)38(28(4)5)46(8)19-21-60-23-25-61-24-22-59-20-17-36(53)62-49-33(50)15-16-34(49)51;17-15(12-11-13-7-3-1-4-8-13)19-16(18)14-9-5-2-6-10-14/h27-32,37-40H,12-26H2,1-11H3,(H2,44,54)(H,45,55);1-10,17-18H,11-12H2/t29?,30?,31?,32?,37-,38?,39?,40?;/m0./s1. The normalized spacial score (nSPS) is 16.9. The molecule has 2 fully saturated rings. The van der Waals surface area contributed by atoms with Gasteiger partial charge in [0.1, 0.15) is 6.04 Å². The number of imide groups is 1. The van der Waals surface area contributed by atoms with Crippen molar-refractivity contribution in [3.05, 3.63) is 71.8 Å². The molecule has 22 heteroatoms. The van der Waals surface area contributed by atoms with Gasteiger partial charge in [0.05, 0.1) is 88.7 Å². The summed E-state index contributed by atoms with van der Waals surface area (Å²) in [7, 11) is 6.60. The van der Waals surface area contributed by atoms with Crippen LogP contribution in [0.1, 0.15) is 111 Å². The molecule has 2 heterocycles. The van der Waals surface area contributed by atoms with Crippen LogP contribution in [-0.4, -0.2) is 190 Å². The van der Waals surface area contributed by atoms with Gasteiger partial charge in [-0.25, -0.2) is 4.79 Å². The van der Waals surface area contributed by atoms with Crippen molar-refractivity contribution in [2.45, 2.75) is 143 Å². The molecule has 2 aromatic rings. The second kappa shape index (κ2) is 36.3. The molecule has 0 bridgehead atoms. The zero-order valence-electron chi connectivity index (χ0n) is 49.6. The van der Waals surface area contributed by atoms with E-state index in [4.69, 9.17) is 49.8 Å². The van der Waals surface area contributed by atoms with E-state index in [1.807, 2.05) is 102 Å². The summed E-state index contributed by atoms with van der Waals surface area (Å²) in [6, 6.07) is 16.9. The first-order chi connectivity index (χ1) is 38.6. The molecule has 0 radical (unpaired) electrons. The van der Waals surface area contributed by atoms with E-state index in [-0.39, 0.29) is 98.8 Å². The Hall–Kier alpha value is -6.17. The molecule has 5 N–H and O–H groups in total. The molecule has 6 amide bonds. The van der Waals surface area contributed by atoms with Crippen LogP contribution in [0.15, 0.2) is 60.7 Å². The highest BCUT2D eigenvalue weighted by Gasteiger charge is 2.43. The zero-order valence-corrected chi connectivity index (χ0v) is 49.6. The first-order valence-corrected chi connectivity index (χ1v) is 28.2. The number of nitrogens with two attached hydrogens (primary N) is 1. The lowest BCUT2D eigenvalue weighted by atomic mass is 9.89. The van der Waals surface area contributed by atoms with Crippen LogP contribution in [0, 0.1) is 34.5 Å². The highest BCUT2D eigenvalue weighted by molar-refractivity contribution is 6.01. The molecule has 22 nitrogen and oxygen atoms in total. The first-order valence-electron chi connectivity index (χ1n) is 28.2. The average Bonchev–Trinajstić information content (AvgIpc) is 4.11. The molecule has 0 aliphatic carbocycles. The maximum Gasteiger partial charge on any atom is 0.335 e. The molecule has 81 heavy (non-hydrogen) atoms. The number of hydroxylamine groups is 2. The molecule has 7 unspecified atom stereocenters. The van der Waals surface area contributed by atoms with E-state index in [1.165, 1.54) is 19.8 Å². The van der Waals surface area contributed by atoms with Gasteiger partial charge in [-0.1, -0.05) is 103 Å². The van der Waals surface area contributed by atoms with E-state index in [1.54, 1.807) is 35.9 Å². The Morgan fingerprint density at radius 1 is 0.778 bits per heavy atom. The molecule has 8 atom stereocenters. The molecule has 2 aromatic carbocycles. The van der Waals surface area contributed by atoms with E-state index in [0.717, 1.165) is 12.8 Å². The lowest BCUT2D eigenvalue weighted by molar-refractivity contribution is -0.198. The maximum absolute atomic E-state index is 14.4. The van der Waals surface area contributed by atoms with Crippen LogP contribution >= 0.6 is 0 Å². The molecule has 2 aliphatic heterocycles. The molecule has 0 spiro atoms. The number of ether oxygens (including phenoxy) is 6. The maximum atomic E-state index is 14.4. The quantitative estimate of drug-likeness (QED) is 0.0304. The summed E-state index contributed by atoms with van der Waals surface area (Å²) in [5, 5.41) is 19.1. The van der Waals surface area contributed by atoms with Gasteiger partial charge >= 0.3 is 5.97 Å². The van der Waals surface area contributed by atoms with Crippen molar-refractivity contribution in [1.29, 1.82) is 10.8 Å². The number of amides is 6. The van der Waals surface area contributed by atoms with Gasteiger partial charge in [0, 0.05) is 59.2 Å². The largest absolute Gasteiger partial charge is 0.425 e. The Bertz CT molecular complexity index is 2290. The molecule has 0 saturated carbocycles. The summed E-state index contributed by atoms with van der Waals surface area (Å²) in [6.45, 7) is 15.8. The first kappa shape index (κ1) is 69.1. The van der Waals surface area contributed by atoms with Crippen molar-refractivity contribution >= 4 is 53.2 Å². The molecule has 0 aromatic heterocycles. The third-order valence-corrected chi connectivity index (χ3v) is 14.6. The lowest BCUT2D eigenvalue weighted by Crippen LogP contribution is -2.60. The summed E-state index contributed by atoms with van der Waals surface area (Å²) in [5.41, 5.74) is 7.47. The molecular formula is C59H92N8O14. The Morgan fingerprint density at radius 3 is 1.90 bits per heavy atom. The van der Waals surface area contributed by atoms with Gasteiger partial charge < -0.3 is 54.1 Å². The highest BCUT2D eigenvalue weighted by atomic mass is 16.7. The van der Waals surface area contributed by atoms with E-state index in [0.29, 0.717) is 62.8 Å². The van der Waals surface area contributed by atoms with E-state index < -0.39 is 59.9 Å². The molecule has 452 valence electrons. The topological polar surface area (TPSA) is 283 Å². The Morgan fingerprint density at radius 2 is 1.36 bits per heavy atom. The molecule has 2 aliphatic rings. The van der Waals surface area contributed by atoms with Gasteiger partial charge in [-0.05, 0) is 61.8 Å². The summed E-state index contributed by atoms with van der Waals surface area (Å²) >= 11 is 0. The third-order valence-electron chi connectivity index (χ3n) is 14.6. The number of rotatable bonds is 34. The Balaban J connectivity index is 0.000000755. The van der Waals surface area contributed by atoms with Gasteiger partial charge in [-0.15, -0.1) is 5.06 Å². The average molecular weight is 1140 g/mol. The van der Waals surface area contributed by atoms with Crippen molar-refractivity contribution < 1.29 is 66.8 Å². The second-order valence-corrected chi connectivity index (χ2v) is 21.2. The van der Waals surface area contributed by atoms with Crippen LogP contribution in [0.3, 0.4) is 0 Å². The molecule has 4 rings (SSSR count). The van der Waals surface area contributed by atoms with Crippen molar-refractivity contribution in [3.8, 4) is 0 Å². The van der Waals surface area contributed by atoms with Crippen molar-refractivity contribution in [2.24, 2.45) is 29.4 Å². The van der Waals surface area contributed by atoms with Crippen molar-refractivity contribution in [1.82, 2.24) is 25.1 Å². The van der Waals surface area contributed by atoms with E-state index in [9.17, 15) is 33.6 Å². The van der Waals surface area contributed by atoms with Gasteiger partial charge in [0.25, 0.3) is 11.8 Å². The van der Waals surface area contributed by atoms with Gasteiger partial charge in [-0.3, -0.25) is 44.5 Å². The van der Waals surface area contributed by atoms with Gasteiger partial charge in [0.15, 0.2) is 5.90 Å². The van der Waals surface area contributed by atoms with Crippen LogP contribution in [0.5, 0.6) is 0 Å². The number of carbonyl (C=O) groups excluding carboxylic acids is 7. The van der Waals surface area contributed by atoms with Crippen LogP contribution < -0.4 is 11.1 Å². The third kappa shape index (κ3) is 22.6. The number of hydrogen-bond acceptors (Lipinski definition) is 17. The second-order valence-electron chi connectivity index (χ2n) is 21.2. The number of primary amides is 1. The van der Waals surface area contributed by atoms with E-state index >= 15 is 0 Å². The fraction of sp³-hybridized carbons (Fsp3) is 0.644. The number of benzene rings is 2. The van der Waals surface area contributed by atoms with Crippen LogP contribution in [0.4, 0.5) is 0 Å². The van der Waals surface area contributed by atoms with Crippen molar-refractivity contribution in [3.63, 3.8) is 0 Å². The number of nitrogens with one attached hydrogen (secondary N) is 3. The van der Waals surface area contributed by atoms with Crippen LogP contribution in [0.25, 0.3) is 0 Å². The SMILES string of the molecule is CCC(C)C(C(CC(=O)N1CCCC1C(OC)C(C)C(N)=O)OC)N(C)C(=O)[C@@H](NC(=O)C(C(C)C)N(C)CCOCCOCCOCCC(=O)ON1C(=O)CCC1=O)C(C)C.N=C(CCc1ccccc1)OC(=N)c1ccccc1. The number of aryl methyl sites for hydroxylation is 1. The lowest BCUT2D eigenvalue weighted by Gasteiger charge is -2.41. The fourth-order valence-electron chi connectivity index (χ4n) is 9.88. The number of nitrogens with zero attached hydrogens (tertiary/aromatic N) is 4. The summed E-state index contributed by atoms with van der Waals surface area (Å²) < 4.78 is 33.5. The number of methoxy groups -OCH3 is 2. The molecule has 2 saturated heterocycles. The zero-order chi connectivity index (χ0) is 60.2. The number of likely N-dealkylation sites (tertiary alicyclic amines) is 1. The van der Waals surface area contributed by atoms with E-state index in [2.05, 4.69) is 5.32 Å². The van der Waals surface area contributed by atoms with Crippen molar-refractivity contribution in [2.75, 3.05) is 81.0 Å². The smallest absolute Gasteiger partial charge is 0.335 e. The monoisotopic (exact) mass is 1140 g/mol. The highest BCUT2D eigenvalue weighted by Crippen LogP contribution is 2.30. The predicted octanol–water partition coefficient (Wildman–Crippen LogP) is 5.17. The van der Waals surface area contributed by atoms with Gasteiger partial charge in [0.2, 0.25) is 29.5 Å². The summed E-state index contributed by atoms with van der Waals surface area (Å²) in [6.07, 6.45) is 2.16. The number of hydrogen-bond donors (Lipinski definition) is 4. The Kier molecular flexibility index (Phi) is 31.0. The van der Waals surface area contributed by atoms with Crippen LogP contribution in [0.2, 0.25) is 0 Å². The minimum Gasteiger partial charge on any atom is -0.425 e. The fourth-order valence-corrected chi connectivity index (χ4v) is 9.88. The minimum absolute atomic E-state index is 0.0120. The predicted molar refractivity (Wildman–Crippen MR) is 304 cm³/mol.